The van der Waals surface area contributed by atoms with Crippen molar-refractivity contribution in [3.05, 3.63) is 29.8 Å². The number of pyridine rings is 1. The summed E-state index contributed by atoms with van der Waals surface area (Å²) in [5, 5.41) is 2.79. The van der Waals surface area contributed by atoms with Gasteiger partial charge in [0.15, 0.2) is 5.82 Å². The monoisotopic (exact) mass is 252 g/mol. The van der Waals surface area contributed by atoms with Gasteiger partial charge in [0.1, 0.15) is 0 Å². The molecule has 0 saturated carbocycles. The Balaban J connectivity index is 2.47. The number of carbonyl (C=O) groups is 1. The van der Waals surface area contributed by atoms with Gasteiger partial charge < -0.3 is 5.32 Å². The molecule has 1 rings (SSSR count). The van der Waals surface area contributed by atoms with Crippen LogP contribution in [0.25, 0.3) is 0 Å². The second-order valence-electron chi connectivity index (χ2n) is 4.48. The molecule has 0 saturated heterocycles. The normalized spacial score (nSPS) is 12.2. The highest BCUT2D eigenvalue weighted by molar-refractivity contribution is 5.94. The smallest absolute Gasteiger partial charge is 0.254 e. The van der Waals surface area contributed by atoms with Gasteiger partial charge in [-0.3, -0.25) is 9.78 Å². The molecular weight excluding hydrogens is 231 g/mol. The molecule has 100 valence electrons. The average molecular weight is 252 g/mol. The number of carbonyl (C=O) groups excluding carboxylic acids is 1. The third kappa shape index (κ3) is 4.43. The van der Waals surface area contributed by atoms with Gasteiger partial charge >= 0.3 is 0 Å². The second kappa shape index (κ2) is 7.80. The molecular formula is C14H21FN2O. The summed E-state index contributed by atoms with van der Waals surface area (Å²) in [6.07, 6.45) is 6.93. The van der Waals surface area contributed by atoms with Crippen molar-refractivity contribution in [3.8, 4) is 0 Å². The molecule has 0 aromatic carbocycles. The van der Waals surface area contributed by atoms with E-state index in [2.05, 4.69) is 24.1 Å². The number of hydrogen-bond donors (Lipinski definition) is 1. The van der Waals surface area contributed by atoms with Crippen molar-refractivity contribution in [2.24, 2.45) is 5.92 Å². The Labute approximate surface area is 108 Å². The minimum atomic E-state index is -0.573. The zero-order chi connectivity index (χ0) is 13.4. The van der Waals surface area contributed by atoms with E-state index in [-0.39, 0.29) is 11.5 Å². The van der Waals surface area contributed by atoms with E-state index in [9.17, 15) is 9.18 Å². The predicted octanol–water partition coefficient (Wildman–Crippen LogP) is 3.17. The van der Waals surface area contributed by atoms with Crippen LogP contribution in [-0.2, 0) is 0 Å². The van der Waals surface area contributed by atoms with E-state index in [1.165, 1.54) is 12.3 Å². The van der Waals surface area contributed by atoms with Crippen LogP contribution in [0.5, 0.6) is 0 Å². The first-order chi connectivity index (χ1) is 8.69. The molecule has 0 radical (unpaired) electrons. The third-order valence-corrected chi connectivity index (χ3v) is 3.11. The Kier molecular flexibility index (Phi) is 6.33. The van der Waals surface area contributed by atoms with Crippen LogP contribution in [0.2, 0.25) is 0 Å². The molecule has 0 aliphatic carbocycles. The number of nitrogens with zero attached hydrogens (tertiary/aromatic N) is 1. The Bertz CT molecular complexity index is 382. The molecule has 0 aliphatic rings. The highest BCUT2D eigenvalue weighted by Gasteiger charge is 2.13. The van der Waals surface area contributed by atoms with Crippen LogP contribution in [0.4, 0.5) is 4.39 Å². The SMILES string of the molecule is CCCCC(CC)CNC(=O)c1ccncc1F. The molecule has 0 fully saturated rings. The molecule has 1 N–H and O–H groups in total. The summed E-state index contributed by atoms with van der Waals surface area (Å²) in [6.45, 7) is 4.87. The van der Waals surface area contributed by atoms with Gasteiger partial charge in [-0.15, -0.1) is 0 Å². The van der Waals surface area contributed by atoms with Crippen LogP contribution >= 0.6 is 0 Å². The molecule has 1 amide bonds. The standard InChI is InChI=1S/C14H21FN2O/c1-3-5-6-11(4-2)9-17-14(18)12-7-8-16-10-13(12)15/h7-8,10-11H,3-6,9H2,1-2H3,(H,17,18). The van der Waals surface area contributed by atoms with Crippen LogP contribution < -0.4 is 5.32 Å². The quantitative estimate of drug-likeness (QED) is 0.810. The van der Waals surface area contributed by atoms with E-state index in [1.807, 2.05) is 0 Å². The lowest BCUT2D eigenvalue weighted by Gasteiger charge is -2.15. The van der Waals surface area contributed by atoms with Crippen molar-refractivity contribution >= 4 is 5.91 Å². The lowest BCUT2D eigenvalue weighted by molar-refractivity contribution is 0.0941. The Morgan fingerprint density at radius 2 is 2.28 bits per heavy atom. The van der Waals surface area contributed by atoms with Crippen molar-refractivity contribution in [1.82, 2.24) is 10.3 Å². The fourth-order valence-electron chi connectivity index (χ4n) is 1.83. The fourth-order valence-corrected chi connectivity index (χ4v) is 1.83. The van der Waals surface area contributed by atoms with E-state index in [4.69, 9.17) is 0 Å². The van der Waals surface area contributed by atoms with Crippen LogP contribution in [-0.4, -0.2) is 17.4 Å². The van der Waals surface area contributed by atoms with Crippen molar-refractivity contribution < 1.29 is 9.18 Å². The fraction of sp³-hybridized carbons (Fsp3) is 0.571. The number of rotatable bonds is 7. The van der Waals surface area contributed by atoms with Crippen LogP contribution in [0, 0.1) is 11.7 Å². The van der Waals surface area contributed by atoms with E-state index < -0.39 is 5.82 Å². The first-order valence-corrected chi connectivity index (χ1v) is 6.56. The van der Waals surface area contributed by atoms with Gasteiger partial charge in [0.25, 0.3) is 5.91 Å². The van der Waals surface area contributed by atoms with Crippen molar-refractivity contribution in [2.75, 3.05) is 6.54 Å². The largest absolute Gasteiger partial charge is 0.352 e. The third-order valence-electron chi connectivity index (χ3n) is 3.11. The molecule has 1 aromatic rings. The summed E-state index contributed by atoms with van der Waals surface area (Å²) in [4.78, 5) is 15.4. The first kappa shape index (κ1) is 14.6. The molecule has 1 unspecified atom stereocenters. The summed E-state index contributed by atoms with van der Waals surface area (Å²) < 4.78 is 13.3. The molecule has 0 bridgehead atoms. The van der Waals surface area contributed by atoms with Crippen LogP contribution in [0.3, 0.4) is 0 Å². The summed E-state index contributed by atoms with van der Waals surface area (Å²) in [7, 11) is 0. The van der Waals surface area contributed by atoms with Gasteiger partial charge in [-0.05, 0) is 18.4 Å². The highest BCUT2D eigenvalue weighted by atomic mass is 19.1. The summed E-state index contributed by atoms with van der Waals surface area (Å²) in [6, 6.07) is 1.40. The minimum absolute atomic E-state index is 0.0651. The number of aromatic nitrogens is 1. The van der Waals surface area contributed by atoms with E-state index in [1.54, 1.807) is 0 Å². The van der Waals surface area contributed by atoms with Gasteiger partial charge in [-0.25, -0.2) is 4.39 Å². The number of unbranched alkanes of at least 4 members (excludes halogenated alkanes) is 1. The number of halogens is 1. The summed E-state index contributed by atoms with van der Waals surface area (Å²) in [5.41, 5.74) is 0.0651. The van der Waals surface area contributed by atoms with E-state index in [0.29, 0.717) is 12.5 Å². The maximum absolute atomic E-state index is 13.3. The predicted molar refractivity (Wildman–Crippen MR) is 69.8 cm³/mol. The molecule has 0 spiro atoms. The summed E-state index contributed by atoms with van der Waals surface area (Å²) >= 11 is 0. The Morgan fingerprint density at radius 1 is 1.50 bits per heavy atom. The zero-order valence-corrected chi connectivity index (χ0v) is 11.1. The molecule has 1 atom stereocenters. The van der Waals surface area contributed by atoms with Gasteiger partial charge in [0.05, 0.1) is 11.8 Å². The molecule has 3 nitrogen and oxygen atoms in total. The van der Waals surface area contributed by atoms with Crippen molar-refractivity contribution in [2.45, 2.75) is 39.5 Å². The maximum atomic E-state index is 13.3. The molecule has 1 aromatic heterocycles. The van der Waals surface area contributed by atoms with Gasteiger partial charge in [0.2, 0.25) is 0 Å². The topological polar surface area (TPSA) is 42.0 Å². The molecule has 1 heterocycles. The van der Waals surface area contributed by atoms with Crippen molar-refractivity contribution in [3.63, 3.8) is 0 Å². The van der Waals surface area contributed by atoms with E-state index >= 15 is 0 Å². The summed E-state index contributed by atoms with van der Waals surface area (Å²) in [5.74, 6) is -0.458. The van der Waals surface area contributed by atoms with Gasteiger partial charge in [0, 0.05) is 12.7 Å². The molecule has 4 heteroatoms. The van der Waals surface area contributed by atoms with E-state index in [0.717, 1.165) is 31.9 Å². The highest BCUT2D eigenvalue weighted by Crippen LogP contribution is 2.12. The number of amides is 1. The van der Waals surface area contributed by atoms with Gasteiger partial charge in [-0.2, -0.15) is 0 Å². The van der Waals surface area contributed by atoms with Gasteiger partial charge in [-0.1, -0.05) is 33.1 Å². The average Bonchev–Trinajstić information content (AvgIpc) is 2.39. The maximum Gasteiger partial charge on any atom is 0.254 e. The van der Waals surface area contributed by atoms with Crippen LogP contribution in [0.1, 0.15) is 49.9 Å². The zero-order valence-electron chi connectivity index (χ0n) is 11.1. The minimum Gasteiger partial charge on any atom is -0.352 e. The van der Waals surface area contributed by atoms with Crippen LogP contribution in [0.15, 0.2) is 18.5 Å². The molecule has 18 heavy (non-hydrogen) atoms. The lowest BCUT2D eigenvalue weighted by Crippen LogP contribution is -2.29. The number of hydrogen-bond acceptors (Lipinski definition) is 2. The number of nitrogens with one attached hydrogen (secondary N) is 1. The van der Waals surface area contributed by atoms with Crippen molar-refractivity contribution in [1.29, 1.82) is 0 Å². The lowest BCUT2D eigenvalue weighted by atomic mass is 9.99. The second-order valence-corrected chi connectivity index (χ2v) is 4.48. The Morgan fingerprint density at radius 3 is 2.89 bits per heavy atom. The first-order valence-electron chi connectivity index (χ1n) is 6.56. The Hall–Kier alpha value is -1.45. The molecule has 0 aliphatic heterocycles.